The number of H-pyrrole nitrogens is 1. The molecule has 1 N–H and O–H groups in total. The predicted molar refractivity (Wildman–Crippen MR) is 64.5 cm³/mol. The number of aromatic amines is 1. The highest BCUT2D eigenvalue weighted by molar-refractivity contribution is 9.10. The highest BCUT2D eigenvalue weighted by atomic mass is 79.9. The number of hydrogen-bond acceptors (Lipinski definition) is 3. The molecule has 0 unspecified atom stereocenters. The van der Waals surface area contributed by atoms with Crippen LogP contribution >= 0.6 is 15.9 Å². The summed E-state index contributed by atoms with van der Waals surface area (Å²) >= 11 is 3.35. The average molecular weight is 281 g/mol. The number of hydrogen-bond donors (Lipinski definition) is 1. The summed E-state index contributed by atoms with van der Waals surface area (Å²) in [5, 5.41) is 0. The molecule has 16 heavy (non-hydrogen) atoms. The molecule has 0 atom stereocenters. The second-order valence-electron chi connectivity index (χ2n) is 3.11. The number of methoxy groups -OCH3 is 1. The number of nitrogens with zero attached hydrogens (tertiary/aromatic N) is 1. The van der Waals surface area contributed by atoms with E-state index in [2.05, 4.69) is 25.9 Å². The summed E-state index contributed by atoms with van der Waals surface area (Å²) in [5.41, 5.74) is 0.776. The topological polar surface area (TPSA) is 55.0 Å². The van der Waals surface area contributed by atoms with E-state index in [0.29, 0.717) is 17.0 Å². The van der Waals surface area contributed by atoms with Crippen molar-refractivity contribution in [2.75, 3.05) is 7.11 Å². The third-order valence-corrected chi connectivity index (χ3v) is 2.62. The van der Waals surface area contributed by atoms with Gasteiger partial charge in [-0.1, -0.05) is 15.9 Å². The van der Waals surface area contributed by atoms with Crippen molar-refractivity contribution >= 4 is 15.9 Å². The van der Waals surface area contributed by atoms with Crippen molar-refractivity contribution in [2.24, 2.45) is 0 Å². The lowest BCUT2D eigenvalue weighted by molar-refractivity contribution is 0.416. The van der Waals surface area contributed by atoms with Gasteiger partial charge in [0.15, 0.2) is 0 Å². The van der Waals surface area contributed by atoms with E-state index >= 15 is 0 Å². The maximum Gasteiger partial charge on any atom is 0.274 e. The highest BCUT2D eigenvalue weighted by Crippen LogP contribution is 2.29. The first kappa shape index (κ1) is 10.9. The summed E-state index contributed by atoms with van der Waals surface area (Å²) in [6.07, 6.45) is 3.04. The first-order valence-corrected chi connectivity index (χ1v) is 5.39. The first-order valence-electron chi connectivity index (χ1n) is 4.60. The molecule has 1 heterocycles. The lowest BCUT2D eigenvalue weighted by Gasteiger charge is -2.07. The molecule has 4 nitrogen and oxygen atoms in total. The van der Waals surface area contributed by atoms with Crippen LogP contribution in [0.5, 0.6) is 5.75 Å². The van der Waals surface area contributed by atoms with E-state index in [1.54, 1.807) is 19.2 Å². The molecule has 0 aliphatic heterocycles. The van der Waals surface area contributed by atoms with Gasteiger partial charge in [-0.25, -0.2) is 4.98 Å². The third-order valence-electron chi connectivity index (χ3n) is 2.12. The van der Waals surface area contributed by atoms with Crippen LogP contribution in [-0.2, 0) is 0 Å². The monoisotopic (exact) mass is 280 g/mol. The number of ether oxygens (including phenoxy) is 1. The van der Waals surface area contributed by atoms with Gasteiger partial charge in [-0.15, -0.1) is 0 Å². The number of benzene rings is 1. The predicted octanol–water partition coefficient (Wildman–Crippen LogP) is 2.21. The van der Waals surface area contributed by atoms with E-state index in [1.165, 1.54) is 12.4 Å². The molecule has 0 amide bonds. The van der Waals surface area contributed by atoms with Gasteiger partial charge in [-0.05, 0) is 18.2 Å². The quantitative estimate of drug-likeness (QED) is 0.918. The molecule has 0 saturated carbocycles. The SMILES string of the molecule is COc1ccc(Br)cc1-c1ncc[nH]c1=O. The Morgan fingerprint density at radius 2 is 2.25 bits per heavy atom. The van der Waals surface area contributed by atoms with E-state index < -0.39 is 0 Å². The van der Waals surface area contributed by atoms with Crippen molar-refractivity contribution in [3.05, 3.63) is 45.4 Å². The van der Waals surface area contributed by atoms with Crippen LogP contribution in [0, 0.1) is 0 Å². The Bertz CT molecular complexity index is 566. The number of aromatic nitrogens is 2. The minimum atomic E-state index is -0.237. The Balaban J connectivity index is 2.68. The molecule has 0 aliphatic rings. The maximum absolute atomic E-state index is 11.6. The minimum Gasteiger partial charge on any atom is -0.496 e. The Kier molecular flexibility index (Phi) is 3.05. The third kappa shape index (κ3) is 1.99. The molecule has 2 rings (SSSR count). The van der Waals surface area contributed by atoms with Crippen LogP contribution in [0.15, 0.2) is 39.9 Å². The molecule has 0 radical (unpaired) electrons. The molecule has 0 aliphatic carbocycles. The molecular weight excluding hydrogens is 272 g/mol. The zero-order valence-electron chi connectivity index (χ0n) is 8.53. The second-order valence-corrected chi connectivity index (χ2v) is 4.03. The largest absolute Gasteiger partial charge is 0.496 e. The van der Waals surface area contributed by atoms with Crippen molar-refractivity contribution in [1.29, 1.82) is 0 Å². The van der Waals surface area contributed by atoms with Gasteiger partial charge in [-0.2, -0.15) is 0 Å². The lowest BCUT2D eigenvalue weighted by atomic mass is 10.1. The molecule has 0 spiro atoms. The van der Waals surface area contributed by atoms with Crippen molar-refractivity contribution in [3.63, 3.8) is 0 Å². The fourth-order valence-electron chi connectivity index (χ4n) is 1.41. The van der Waals surface area contributed by atoms with Gasteiger partial charge >= 0.3 is 0 Å². The fourth-order valence-corrected chi connectivity index (χ4v) is 1.77. The molecular formula is C11H9BrN2O2. The zero-order valence-corrected chi connectivity index (χ0v) is 10.1. The summed E-state index contributed by atoms with van der Waals surface area (Å²) in [6, 6.07) is 5.43. The fraction of sp³-hybridized carbons (Fsp3) is 0.0909. The number of nitrogens with one attached hydrogen (secondary N) is 1. The molecule has 82 valence electrons. The second kappa shape index (κ2) is 4.49. The van der Waals surface area contributed by atoms with E-state index in [4.69, 9.17) is 4.74 Å². The molecule has 0 fully saturated rings. The van der Waals surface area contributed by atoms with E-state index in [-0.39, 0.29) is 5.56 Å². The first-order chi connectivity index (χ1) is 7.72. The molecule has 1 aromatic heterocycles. The maximum atomic E-state index is 11.6. The van der Waals surface area contributed by atoms with Gasteiger partial charge in [-0.3, -0.25) is 4.79 Å². The number of rotatable bonds is 2. The molecule has 5 heteroatoms. The number of halogens is 1. The lowest BCUT2D eigenvalue weighted by Crippen LogP contribution is -2.10. The van der Waals surface area contributed by atoms with Crippen LogP contribution in [0.4, 0.5) is 0 Å². The van der Waals surface area contributed by atoms with Crippen LogP contribution < -0.4 is 10.3 Å². The highest BCUT2D eigenvalue weighted by Gasteiger charge is 2.10. The standard InChI is InChI=1S/C11H9BrN2O2/c1-16-9-3-2-7(12)6-8(9)10-11(15)14-5-4-13-10/h2-6H,1H3,(H,14,15). The normalized spacial score (nSPS) is 10.1. The summed E-state index contributed by atoms with van der Waals surface area (Å²) in [5.74, 6) is 0.618. The smallest absolute Gasteiger partial charge is 0.274 e. The minimum absolute atomic E-state index is 0.237. The molecule has 1 aromatic carbocycles. The van der Waals surface area contributed by atoms with Gasteiger partial charge in [0.2, 0.25) is 0 Å². The van der Waals surface area contributed by atoms with Crippen LogP contribution in [0.25, 0.3) is 11.3 Å². The van der Waals surface area contributed by atoms with Gasteiger partial charge in [0.25, 0.3) is 5.56 Å². The van der Waals surface area contributed by atoms with Gasteiger partial charge in [0.05, 0.1) is 7.11 Å². The van der Waals surface area contributed by atoms with E-state index in [1.807, 2.05) is 6.07 Å². The van der Waals surface area contributed by atoms with Crippen LogP contribution in [0.3, 0.4) is 0 Å². The summed E-state index contributed by atoms with van der Waals surface area (Å²) in [4.78, 5) is 18.2. The van der Waals surface area contributed by atoms with Crippen molar-refractivity contribution < 1.29 is 4.74 Å². The Morgan fingerprint density at radius 3 is 2.94 bits per heavy atom. The van der Waals surface area contributed by atoms with Crippen LogP contribution in [0.1, 0.15) is 0 Å². The Labute approximate surface area is 100 Å². The van der Waals surface area contributed by atoms with Gasteiger partial charge in [0.1, 0.15) is 11.4 Å². The van der Waals surface area contributed by atoms with Crippen molar-refractivity contribution in [3.8, 4) is 17.0 Å². The van der Waals surface area contributed by atoms with Crippen LogP contribution in [0.2, 0.25) is 0 Å². The van der Waals surface area contributed by atoms with E-state index in [9.17, 15) is 4.79 Å². The van der Waals surface area contributed by atoms with Crippen molar-refractivity contribution in [1.82, 2.24) is 9.97 Å². The summed E-state index contributed by atoms with van der Waals surface area (Å²) < 4.78 is 6.06. The molecule has 0 saturated heterocycles. The summed E-state index contributed by atoms with van der Waals surface area (Å²) in [7, 11) is 1.56. The average Bonchev–Trinajstić information content (AvgIpc) is 2.29. The molecule has 0 bridgehead atoms. The molecule has 2 aromatic rings. The Morgan fingerprint density at radius 1 is 1.44 bits per heavy atom. The van der Waals surface area contributed by atoms with Gasteiger partial charge in [0, 0.05) is 22.4 Å². The summed E-state index contributed by atoms with van der Waals surface area (Å²) in [6.45, 7) is 0. The van der Waals surface area contributed by atoms with Crippen LogP contribution in [-0.4, -0.2) is 17.1 Å². The zero-order chi connectivity index (χ0) is 11.5. The van der Waals surface area contributed by atoms with E-state index in [0.717, 1.165) is 4.47 Å². The van der Waals surface area contributed by atoms with Gasteiger partial charge < -0.3 is 9.72 Å². The van der Waals surface area contributed by atoms with Crippen molar-refractivity contribution in [2.45, 2.75) is 0 Å². The Hall–Kier alpha value is -1.62.